The molecule has 0 aliphatic rings. The first-order chi connectivity index (χ1) is 11.1. The van der Waals surface area contributed by atoms with Gasteiger partial charge in [0.1, 0.15) is 0 Å². The monoisotopic (exact) mass is 323 g/mol. The molecule has 0 amide bonds. The topological polar surface area (TPSA) is 40.9 Å². The summed E-state index contributed by atoms with van der Waals surface area (Å²) >= 11 is 0. The van der Waals surface area contributed by atoms with Crippen LogP contribution < -0.4 is 0 Å². The normalized spacial score (nSPS) is 14.5. The lowest BCUT2D eigenvalue weighted by Gasteiger charge is -2.26. The van der Waals surface area contributed by atoms with E-state index < -0.39 is 16.2 Å². The van der Waals surface area contributed by atoms with Gasteiger partial charge in [-0.1, -0.05) is 48.9 Å². The Labute approximate surface area is 140 Å². The van der Waals surface area contributed by atoms with E-state index in [0.717, 1.165) is 16.0 Å². The number of nitrogens with zero attached hydrogens (tertiary/aromatic N) is 1. The summed E-state index contributed by atoms with van der Waals surface area (Å²) in [6, 6.07) is 17.7. The van der Waals surface area contributed by atoms with Crippen LogP contribution in [0, 0.1) is 18.3 Å². The Morgan fingerprint density at radius 1 is 1.22 bits per heavy atom. The molecule has 23 heavy (non-hydrogen) atoms. The Bertz CT molecular complexity index is 758. The van der Waals surface area contributed by atoms with Gasteiger partial charge >= 0.3 is 0 Å². The molecule has 2 atom stereocenters. The largest absolute Gasteiger partial charge is 0.249 e. The van der Waals surface area contributed by atoms with Gasteiger partial charge in [0.15, 0.2) is 0 Å². The lowest BCUT2D eigenvalue weighted by Crippen LogP contribution is -2.24. The molecule has 0 saturated heterocycles. The Morgan fingerprint density at radius 3 is 2.43 bits per heavy atom. The Balaban J connectivity index is 2.57. The Morgan fingerprint density at radius 2 is 1.87 bits per heavy atom. The predicted molar refractivity (Wildman–Crippen MR) is 94.7 cm³/mol. The minimum atomic E-state index is -1.31. The molecule has 0 aliphatic heterocycles. The zero-order valence-corrected chi connectivity index (χ0v) is 14.4. The van der Waals surface area contributed by atoms with Gasteiger partial charge in [0.05, 0.1) is 22.3 Å². The van der Waals surface area contributed by atoms with Crippen LogP contribution >= 0.6 is 0 Å². The highest BCUT2D eigenvalue weighted by Crippen LogP contribution is 2.36. The van der Waals surface area contributed by atoms with Crippen molar-refractivity contribution in [2.24, 2.45) is 0 Å². The van der Waals surface area contributed by atoms with E-state index in [4.69, 9.17) is 0 Å². The third-order valence-electron chi connectivity index (χ3n) is 4.15. The fourth-order valence-electron chi connectivity index (χ4n) is 2.69. The van der Waals surface area contributed by atoms with Gasteiger partial charge in [0, 0.05) is 9.79 Å². The van der Waals surface area contributed by atoms with Crippen LogP contribution in [0.5, 0.6) is 0 Å². The number of hydrogen-bond donors (Lipinski definition) is 0. The zero-order chi connectivity index (χ0) is 16.9. The lowest BCUT2D eigenvalue weighted by atomic mass is 9.77. The maximum Gasteiger partial charge on any atom is 0.0865 e. The van der Waals surface area contributed by atoms with Gasteiger partial charge in [0.2, 0.25) is 0 Å². The maximum absolute atomic E-state index is 13.0. The minimum Gasteiger partial charge on any atom is -0.249 e. The van der Waals surface area contributed by atoms with E-state index >= 15 is 0 Å². The SMILES string of the molecule is C=CC[C@](C#N)(CC)c1ccccc1S(=O)c1ccc(C)cc1. The fraction of sp³-hybridized carbons (Fsp3) is 0.250. The zero-order valence-electron chi connectivity index (χ0n) is 13.6. The van der Waals surface area contributed by atoms with Crippen LogP contribution in [-0.2, 0) is 16.2 Å². The van der Waals surface area contributed by atoms with E-state index in [-0.39, 0.29) is 0 Å². The van der Waals surface area contributed by atoms with Crippen LogP contribution in [0.4, 0.5) is 0 Å². The van der Waals surface area contributed by atoms with Crippen LogP contribution in [0.25, 0.3) is 0 Å². The van der Waals surface area contributed by atoms with Crippen LogP contribution in [-0.4, -0.2) is 4.21 Å². The summed E-state index contributed by atoms with van der Waals surface area (Å²) in [7, 11) is -1.31. The fourth-order valence-corrected chi connectivity index (χ4v) is 3.99. The molecule has 118 valence electrons. The van der Waals surface area contributed by atoms with Crippen molar-refractivity contribution in [2.75, 3.05) is 0 Å². The smallest absolute Gasteiger partial charge is 0.0865 e. The van der Waals surface area contributed by atoms with Crippen molar-refractivity contribution in [3.05, 3.63) is 72.3 Å². The summed E-state index contributed by atoms with van der Waals surface area (Å²) in [5.41, 5.74) is 1.29. The van der Waals surface area contributed by atoms with E-state index in [0.29, 0.717) is 17.7 Å². The van der Waals surface area contributed by atoms with Gasteiger partial charge in [-0.25, -0.2) is 4.21 Å². The van der Waals surface area contributed by atoms with Crippen LogP contribution in [0.1, 0.15) is 30.9 Å². The second-order valence-corrected chi connectivity index (χ2v) is 7.07. The number of rotatable bonds is 6. The number of nitriles is 1. The summed E-state index contributed by atoms with van der Waals surface area (Å²) in [6.07, 6.45) is 2.96. The molecular formula is C20H21NOS. The summed E-state index contributed by atoms with van der Waals surface area (Å²) < 4.78 is 13.0. The second-order valence-electron chi connectivity index (χ2n) is 5.62. The van der Waals surface area contributed by atoms with Crippen molar-refractivity contribution in [1.29, 1.82) is 5.26 Å². The number of allylic oxidation sites excluding steroid dienone is 1. The molecule has 0 saturated carbocycles. The van der Waals surface area contributed by atoms with Crippen molar-refractivity contribution < 1.29 is 4.21 Å². The first-order valence-electron chi connectivity index (χ1n) is 7.68. The molecule has 0 aliphatic carbocycles. The molecule has 0 fully saturated rings. The number of aryl methyl sites for hydroxylation is 1. The highest BCUT2D eigenvalue weighted by atomic mass is 32.2. The van der Waals surface area contributed by atoms with Crippen molar-refractivity contribution in [3.8, 4) is 6.07 Å². The van der Waals surface area contributed by atoms with Gasteiger partial charge in [0.25, 0.3) is 0 Å². The highest BCUT2D eigenvalue weighted by molar-refractivity contribution is 7.85. The maximum atomic E-state index is 13.0. The molecule has 2 rings (SSSR count). The van der Waals surface area contributed by atoms with Crippen molar-refractivity contribution >= 4 is 10.8 Å². The van der Waals surface area contributed by atoms with E-state index in [1.54, 1.807) is 6.08 Å². The average molecular weight is 323 g/mol. The van der Waals surface area contributed by atoms with Gasteiger partial charge in [-0.3, -0.25) is 0 Å². The lowest BCUT2D eigenvalue weighted by molar-refractivity contribution is 0.526. The van der Waals surface area contributed by atoms with Crippen molar-refractivity contribution in [1.82, 2.24) is 0 Å². The van der Waals surface area contributed by atoms with E-state index in [9.17, 15) is 9.47 Å². The van der Waals surface area contributed by atoms with Gasteiger partial charge in [-0.05, 0) is 43.5 Å². The first kappa shape index (κ1) is 17.2. The first-order valence-corrected chi connectivity index (χ1v) is 8.83. The molecular weight excluding hydrogens is 302 g/mol. The van der Waals surface area contributed by atoms with E-state index in [2.05, 4.69) is 12.6 Å². The highest BCUT2D eigenvalue weighted by Gasteiger charge is 2.32. The summed E-state index contributed by atoms with van der Waals surface area (Å²) in [5, 5.41) is 9.78. The Kier molecular flexibility index (Phi) is 5.52. The van der Waals surface area contributed by atoms with Crippen LogP contribution in [0.15, 0.2) is 71.0 Å². The third kappa shape index (κ3) is 3.43. The van der Waals surface area contributed by atoms with Crippen molar-refractivity contribution in [2.45, 2.75) is 41.9 Å². The van der Waals surface area contributed by atoms with Gasteiger partial charge in [-0.2, -0.15) is 5.26 Å². The van der Waals surface area contributed by atoms with E-state index in [1.807, 2.05) is 62.4 Å². The molecule has 2 nitrogen and oxygen atoms in total. The summed E-state index contributed by atoms with van der Waals surface area (Å²) in [6.45, 7) is 7.77. The molecule has 0 spiro atoms. The van der Waals surface area contributed by atoms with Crippen LogP contribution in [0.2, 0.25) is 0 Å². The van der Waals surface area contributed by atoms with Gasteiger partial charge < -0.3 is 0 Å². The molecule has 2 aromatic rings. The molecule has 3 heteroatoms. The molecule has 0 bridgehead atoms. The molecule has 0 aromatic heterocycles. The van der Waals surface area contributed by atoms with E-state index in [1.165, 1.54) is 0 Å². The quantitative estimate of drug-likeness (QED) is 0.709. The number of benzene rings is 2. The molecule has 1 unspecified atom stereocenters. The summed E-state index contributed by atoms with van der Waals surface area (Å²) in [4.78, 5) is 1.46. The third-order valence-corrected chi connectivity index (χ3v) is 5.60. The molecule has 0 heterocycles. The summed E-state index contributed by atoms with van der Waals surface area (Å²) in [5.74, 6) is 0. The second kappa shape index (κ2) is 7.39. The molecule has 0 radical (unpaired) electrons. The predicted octanol–water partition coefficient (Wildman–Crippen LogP) is 4.91. The Hall–Kier alpha value is -2.18. The van der Waals surface area contributed by atoms with Crippen molar-refractivity contribution in [3.63, 3.8) is 0 Å². The average Bonchev–Trinajstić information content (AvgIpc) is 2.60. The minimum absolute atomic E-state index is 0.544. The van der Waals surface area contributed by atoms with Gasteiger partial charge in [-0.15, -0.1) is 6.58 Å². The standard InChI is InChI=1S/C20H21NOS/c1-4-14-20(5-2,15-21)18-8-6-7-9-19(18)23(22)17-12-10-16(3)11-13-17/h4,6-13H,1,5,14H2,2-3H3/t20-,23?/m0/s1. The van der Waals surface area contributed by atoms with Crippen LogP contribution in [0.3, 0.4) is 0 Å². The molecule has 2 aromatic carbocycles. The number of hydrogen-bond acceptors (Lipinski definition) is 2. The molecule has 0 N–H and O–H groups in total.